The van der Waals surface area contributed by atoms with Crippen LogP contribution in [-0.2, 0) is 23.2 Å². The molecular formula is C21H25N5O2. The summed E-state index contributed by atoms with van der Waals surface area (Å²) in [4.78, 5) is 28.5. The van der Waals surface area contributed by atoms with E-state index in [1.165, 1.54) is 0 Å². The number of nitrogens with one attached hydrogen (secondary N) is 1. The second-order valence-corrected chi connectivity index (χ2v) is 8.07. The monoisotopic (exact) mass is 379 g/mol. The van der Waals surface area contributed by atoms with Crippen molar-refractivity contribution in [3.8, 4) is 0 Å². The maximum Gasteiger partial charge on any atom is 0.292 e. The highest BCUT2D eigenvalue weighted by Crippen LogP contribution is 2.49. The average Bonchev–Trinajstić information content (AvgIpc) is 3.38. The van der Waals surface area contributed by atoms with Gasteiger partial charge in [-0.15, -0.1) is 10.2 Å². The molecule has 1 spiro atoms. The lowest BCUT2D eigenvalue weighted by Gasteiger charge is -2.33. The van der Waals surface area contributed by atoms with Crippen molar-refractivity contribution in [2.45, 2.75) is 63.5 Å². The van der Waals surface area contributed by atoms with E-state index in [4.69, 9.17) is 0 Å². The second-order valence-electron chi connectivity index (χ2n) is 8.07. The Bertz CT molecular complexity index is 952. The molecule has 0 bridgehead atoms. The fraction of sp³-hybridized carbons (Fsp3) is 0.524. The van der Waals surface area contributed by atoms with Crippen LogP contribution in [0.2, 0.25) is 0 Å². The highest BCUT2D eigenvalue weighted by molar-refractivity contribution is 6.08. The number of para-hydroxylation sites is 1. The number of likely N-dealkylation sites (tertiary alicyclic amines) is 1. The first-order valence-corrected chi connectivity index (χ1v) is 10.3. The number of hydrogen-bond donors (Lipinski definition) is 1. The molecular weight excluding hydrogens is 354 g/mol. The number of hydrogen-bond acceptors (Lipinski definition) is 4. The smallest absolute Gasteiger partial charge is 0.292 e. The van der Waals surface area contributed by atoms with Crippen LogP contribution in [0.5, 0.6) is 0 Å². The van der Waals surface area contributed by atoms with Gasteiger partial charge in [-0.3, -0.25) is 9.59 Å². The minimum Gasteiger partial charge on any atom is -0.331 e. The van der Waals surface area contributed by atoms with Gasteiger partial charge in [0.05, 0.1) is 11.5 Å². The maximum atomic E-state index is 13.5. The molecule has 7 heteroatoms. The Labute approximate surface area is 164 Å². The molecule has 7 nitrogen and oxygen atoms in total. The molecule has 4 heterocycles. The topological polar surface area (TPSA) is 80.1 Å². The zero-order valence-corrected chi connectivity index (χ0v) is 16.1. The summed E-state index contributed by atoms with van der Waals surface area (Å²) < 4.78 is 1.97. The minimum atomic E-state index is -0.660. The molecule has 0 unspecified atom stereocenters. The van der Waals surface area contributed by atoms with Crippen LogP contribution >= 0.6 is 0 Å². The largest absolute Gasteiger partial charge is 0.331 e. The Morgan fingerprint density at radius 2 is 2.11 bits per heavy atom. The van der Waals surface area contributed by atoms with Gasteiger partial charge in [-0.1, -0.05) is 31.5 Å². The van der Waals surface area contributed by atoms with Gasteiger partial charge in [-0.2, -0.15) is 0 Å². The number of carbonyl (C=O) groups excluding carboxylic acids is 2. The Kier molecular flexibility index (Phi) is 4.00. The molecule has 1 N–H and O–H groups in total. The molecule has 0 aliphatic carbocycles. The van der Waals surface area contributed by atoms with E-state index in [1.54, 1.807) is 0 Å². The van der Waals surface area contributed by atoms with Crippen molar-refractivity contribution in [3.63, 3.8) is 0 Å². The van der Waals surface area contributed by atoms with Gasteiger partial charge < -0.3 is 14.8 Å². The van der Waals surface area contributed by atoms with Gasteiger partial charge in [0.15, 0.2) is 0 Å². The average molecular weight is 379 g/mol. The van der Waals surface area contributed by atoms with Gasteiger partial charge in [-0.25, -0.2) is 0 Å². The Morgan fingerprint density at radius 1 is 1.25 bits per heavy atom. The van der Waals surface area contributed by atoms with Gasteiger partial charge >= 0.3 is 0 Å². The van der Waals surface area contributed by atoms with Crippen LogP contribution in [0.25, 0.3) is 0 Å². The van der Waals surface area contributed by atoms with Crippen molar-refractivity contribution in [2.75, 3.05) is 11.9 Å². The summed E-state index contributed by atoms with van der Waals surface area (Å²) in [5.41, 5.74) is 1.24. The third kappa shape index (κ3) is 2.28. The molecule has 146 valence electrons. The summed E-state index contributed by atoms with van der Waals surface area (Å²) in [5.74, 6) is 1.26. The van der Waals surface area contributed by atoms with Crippen LogP contribution in [0.15, 0.2) is 24.3 Å². The number of amides is 2. The number of nitrogens with zero attached hydrogens (tertiary/aromatic N) is 4. The quantitative estimate of drug-likeness (QED) is 0.889. The molecule has 28 heavy (non-hydrogen) atoms. The van der Waals surface area contributed by atoms with Crippen molar-refractivity contribution in [1.29, 1.82) is 0 Å². The lowest BCUT2D eigenvalue weighted by molar-refractivity contribution is -0.121. The minimum absolute atomic E-state index is 0.0192. The van der Waals surface area contributed by atoms with Gasteiger partial charge in [0.25, 0.3) is 5.91 Å². The second kappa shape index (κ2) is 6.43. The molecule has 1 saturated heterocycles. The van der Waals surface area contributed by atoms with Crippen LogP contribution in [0, 0.1) is 0 Å². The third-order valence-electron chi connectivity index (χ3n) is 6.63. The Morgan fingerprint density at radius 3 is 2.96 bits per heavy atom. The van der Waals surface area contributed by atoms with E-state index >= 15 is 0 Å². The standard InChI is InChI=1S/C21H25N5O2/c1-2-7-16-21(14-8-3-4-9-15(14)22-20(21)28)11-13-25(16)19(27)18-24-23-17-10-5-6-12-26(17)18/h3-4,8-9,16H,2,5-7,10-13H2,1H3,(H,22,28)/t16-,21+/m0/s1. The van der Waals surface area contributed by atoms with Crippen LogP contribution in [0.3, 0.4) is 0 Å². The number of aromatic nitrogens is 3. The summed E-state index contributed by atoms with van der Waals surface area (Å²) in [6, 6.07) is 7.73. The van der Waals surface area contributed by atoms with Crippen LogP contribution in [-0.4, -0.2) is 44.1 Å². The fourth-order valence-electron chi connectivity index (χ4n) is 5.32. The molecule has 2 amide bonds. The summed E-state index contributed by atoms with van der Waals surface area (Å²) in [6.45, 7) is 3.46. The number of rotatable bonds is 3. The highest BCUT2D eigenvalue weighted by atomic mass is 16.2. The van der Waals surface area contributed by atoms with Crippen molar-refractivity contribution in [1.82, 2.24) is 19.7 Å². The van der Waals surface area contributed by atoms with Crippen LogP contribution < -0.4 is 5.32 Å². The van der Waals surface area contributed by atoms with Gasteiger partial charge in [-0.05, 0) is 37.3 Å². The number of anilines is 1. The normalized spacial score (nSPS) is 25.7. The van der Waals surface area contributed by atoms with E-state index in [0.29, 0.717) is 18.8 Å². The van der Waals surface area contributed by atoms with Gasteiger partial charge in [0.1, 0.15) is 5.82 Å². The van der Waals surface area contributed by atoms with Gasteiger partial charge in [0.2, 0.25) is 11.7 Å². The van der Waals surface area contributed by atoms with E-state index in [1.807, 2.05) is 33.7 Å². The molecule has 1 aromatic heterocycles. The first-order valence-electron chi connectivity index (χ1n) is 10.3. The summed E-state index contributed by atoms with van der Waals surface area (Å²) in [7, 11) is 0. The molecule has 2 aromatic rings. The first kappa shape index (κ1) is 17.4. The number of carbonyl (C=O) groups is 2. The van der Waals surface area contributed by atoms with Gasteiger partial charge in [0, 0.05) is 25.2 Å². The molecule has 2 atom stereocenters. The van der Waals surface area contributed by atoms with Crippen LogP contribution in [0.1, 0.15) is 61.0 Å². The van der Waals surface area contributed by atoms with Crippen molar-refractivity contribution in [3.05, 3.63) is 41.5 Å². The lowest BCUT2D eigenvalue weighted by Crippen LogP contribution is -2.49. The Hall–Kier alpha value is -2.70. The predicted molar refractivity (Wildman–Crippen MR) is 104 cm³/mol. The summed E-state index contributed by atoms with van der Waals surface area (Å²) in [5, 5.41) is 11.5. The fourth-order valence-corrected chi connectivity index (χ4v) is 5.32. The van der Waals surface area contributed by atoms with E-state index in [9.17, 15) is 9.59 Å². The van der Waals surface area contributed by atoms with E-state index < -0.39 is 5.41 Å². The third-order valence-corrected chi connectivity index (χ3v) is 6.63. The summed E-state index contributed by atoms with van der Waals surface area (Å²) in [6.07, 6.45) is 5.35. The zero-order valence-electron chi connectivity index (χ0n) is 16.1. The van der Waals surface area contributed by atoms with Crippen molar-refractivity contribution in [2.24, 2.45) is 0 Å². The zero-order chi connectivity index (χ0) is 19.3. The maximum absolute atomic E-state index is 13.5. The molecule has 3 aliphatic heterocycles. The molecule has 5 rings (SSSR count). The summed E-state index contributed by atoms with van der Waals surface area (Å²) >= 11 is 0. The number of benzene rings is 1. The predicted octanol–water partition coefficient (Wildman–Crippen LogP) is 2.52. The van der Waals surface area contributed by atoms with Crippen LogP contribution in [0.4, 0.5) is 5.69 Å². The SMILES string of the molecule is CCC[C@@H]1N(C(=O)c2nnc3n2CCCC3)CC[C@]12C(=O)Nc1ccccc12. The molecule has 1 aromatic carbocycles. The number of aryl methyl sites for hydroxylation is 1. The molecule has 0 radical (unpaired) electrons. The highest BCUT2D eigenvalue weighted by Gasteiger charge is 2.58. The van der Waals surface area contributed by atoms with Crippen molar-refractivity contribution < 1.29 is 9.59 Å². The van der Waals surface area contributed by atoms with E-state index in [0.717, 1.165) is 55.7 Å². The van der Waals surface area contributed by atoms with E-state index in [2.05, 4.69) is 22.4 Å². The van der Waals surface area contributed by atoms with Crippen molar-refractivity contribution >= 4 is 17.5 Å². The molecule has 1 fully saturated rings. The van der Waals surface area contributed by atoms with E-state index in [-0.39, 0.29) is 17.9 Å². The molecule has 3 aliphatic rings. The lowest BCUT2D eigenvalue weighted by atomic mass is 9.73. The first-order chi connectivity index (χ1) is 13.7. The number of fused-ring (bicyclic) bond motifs is 3. The molecule has 0 saturated carbocycles. The Balaban J connectivity index is 1.54.